The molecule has 52 heavy (non-hydrogen) atoms. The average Bonchev–Trinajstić information content (AvgIpc) is 3.55. The van der Waals surface area contributed by atoms with E-state index in [2.05, 4.69) is 125 Å². The van der Waals surface area contributed by atoms with Crippen LogP contribution in [0.3, 0.4) is 0 Å². The molecule has 4 aromatic rings. The van der Waals surface area contributed by atoms with Gasteiger partial charge in [-0.3, -0.25) is 0 Å². The van der Waals surface area contributed by atoms with E-state index in [0.29, 0.717) is 35.8 Å². The normalized spacial score (nSPS) is 16.5. The predicted octanol–water partition coefficient (Wildman–Crippen LogP) is 11.0. The number of carbonyl (C=O) groups is 1. The van der Waals surface area contributed by atoms with Crippen LogP contribution in [-0.2, 0) is 16.7 Å². The van der Waals surface area contributed by atoms with Gasteiger partial charge in [-0.25, -0.2) is 0 Å². The molecule has 0 aliphatic carbocycles. The predicted molar refractivity (Wildman–Crippen MR) is 219 cm³/mol. The van der Waals surface area contributed by atoms with Gasteiger partial charge in [0.15, 0.2) is 0 Å². The number of rotatable bonds is 10. The molecule has 5 nitrogen and oxygen atoms in total. The molecule has 0 saturated carbocycles. The van der Waals surface area contributed by atoms with E-state index >= 15 is 0 Å². The monoisotopic (exact) mass is 808 g/mol. The molecule has 0 spiro atoms. The van der Waals surface area contributed by atoms with Crippen LogP contribution in [-0.4, -0.2) is 41.0 Å². The number of benzene rings is 4. The van der Waals surface area contributed by atoms with Gasteiger partial charge in [-0.1, -0.05) is 0 Å². The molecule has 2 aliphatic rings. The maximum absolute atomic E-state index is 13.9. The van der Waals surface area contributed by atoms with Crippen molar-refractivity contribution in [1.82, 2.24) is 0 Å². The summed E-state index contributed by atoms with van der Waals surface area (Å²) in [6.45, 7) is 23.3. The molecular weight excluding hydrogens is 751 g/mol. The molecule has 1 saturated heterocycles. The first kappa shape index (κ1) is 39.7. The Kier molecular flexibility index (Phi) is 13.1. The summed E-state index contributed by atoms with van der Waals surface area (Å²) in [4.78, 5) is 21.3. The second kappa shape index (κ2) is 17.1. The van der Waals surface area contributed by atoms with Crippen molar-refractivity contribution >= 4 is 40.0 Å². The molecule has 2 aliphatic heterocycles. The van der Waals surface area contributed by atoms with E-state index in [1.165, 1.54) is 33.6 Å². The van der Waals surface area contributed by atoms with Gasteiger partial charge in [0.05, 0.1) is 0 Å². The van der Waals surface area contributed by atoms with Crippen molar-refractivity contribution in [2.45, 2.75) is 103 Å². The summed E-state index contributed by atoms with van der Waals surface area (Å²) >= 11 is -0.335. The minimum absolute atomic E-state index is 0. The van der Waals surface area contributed by atoms with Crippen LogP contribution >= 0.6 is 12.4 Å². The number of nitrogens with zero attached hydrogens (tertiary/aromatic N) is 3. The summed E-state index contributed by atoms with van der Waals surface area (Å²) in [5, 5.41) is 0. The number of halogens is 1. The van der Waals surface area contributed by atoms with E-state index in [4.69, 9.17) is 4.74 Å². The Balaban J connectivity index is 0.00000523. The fourth-order valence-corrected chi connectivity index (χ4v) is 10.1. The largest absolute Gasteiger partial charge is 0.147 e. The summed E-state index contributed by atoms with van der Waals surface area (Å²) in [5.74, 6) is 2.51. The minimum atomic E-state index is -0.335. The van der Waals surface area contributed by atoms with Gasteiger partial charge in [-0.05, 0) is 0 Å². The van der Waals surface area contributed by atoms with Crippen LogP contribution in [0.4, 0.5) is 17.1 Å². The Morgan fingerprint density at radius 1 is 0.712 bits per heavy atom. The van der Waals surface area contributed by atoms with E-state index < -0.39 is 0 Å². The molecule has 4 aromatic carbocycles. The molecule has 0 aromatic heterocycles. The zero-order chi connectivity index (χ0) is 36.4. The first-order valence-corrected chi connectivity index (χ1v) is 20.9. The van der Waals surface area contributed by atoms with Crippen molar-refractivity contribution in [3.8, 4) is 5.75 Å². The van der Waals surface area contributed by atoms with Gasteiger partial charge >= 0.3 is 315 Å². The number of amides is 1. The van der Waals surface area contributed by atoms with Gasteiger partial charge in [0, 0.05) is 0 Å². The Morgan fingerprint density at radius 2 is 1.19 bits per heavy atom. The van der Waals surface area contributed by atoms with E-state index in [9.17, 15) is 4.79 Å². The van der Waals surface area contributed by atoms with Gasteiger partial charge in [0.2, 0.25) is 0 Å². The third kappa shape index (κ3) is 7.90. The number of para-hydroxylation sites is 3. The second-order valence-corrected chi connectivity index (χ2v) is 17.2. The van der Waals surface area contributed by atoms with Crippen LogP contribution < -0.4 is 19.4 Å². The molecule has 1 fully saturated rings. The van der Waals surface area contributed by atoms with E-state index in [1.807, 2.05) is 41.3 Å². The van der Waals surface area contributed by atoms with Crippen molar-refractivity contribution in [3.63, 3.8) is 0 Å². The number of fused-ring (bicyclic) bond motifs is 1. The second-order valence-electron chi connectivity index (χ2n) is 15.2. The maximum Gasteiger partial charge on any atom is -0.147 e. The van der Waals surface area contributed by atoms with Crippen molar-refractivity contribution < 1.29 is 26.2 Å². The molecule has 7 heteroatoms. The Bertz CT molecular complexity index is 1750. The molecule has 279 valence electrons. The van der Waals surface area contributed by atoms with E-state index in [-0.39, 0.29) is 45.9 Å². The van der Waals surface area contributed by atoms with Gasteiger partial charge < -0.3 is 0 Å². The van der Waals surface area contributed by atoms with Crippen molar-refractivity contribution in [1.29, 1.82) is 0 Å². The minimum Gasteiger partial charge on any atom is -0.147 e. The number of carbonyl (C=O) groups excluding carboxylic acids is 1. The zero-order valence-corrected chi connectivity index (χ0v) is 34.9. The Morgan fingerprint density at radius 3 is 1.65 bits per heavy atom. The molecule has 1 atom stereocenters. The number of hydrogen-bond donors (Lipinski definition) is 0. The van der Waals surface area contributed by atoms with Crippen LogP contribution in [0.1, 0.15) is 131 Å². The van der Waals surface area contributed by atoms with Gasteiger partial charge in [-0.15, -0.1) is 12.4 Å². The standard InChI is InChI=1S/C27H39N2.C18H17NO2.ClH.Ru/c1-18(2)22-11-9-12-23(19(3)4)26(22)28-15-16-29(17-28)27-24(20(5)6)13-10-14-25(27)21(7)8;1-3-15-12-19(18(20)14-9-5-4-6-10-14)16-11-7-8-13(2)17(16)21-15;;/h9-14,17-21H,15-16H2,1-8H3;2,4-11,15H,3,12H2,1H3;1H;. The van der Waals surface area contributed by atoms with Crippen molar-refractivity contribution in [3.05, 3.63) is 118 Å². The Labute approximate surface area is 326 Å². The first-order chi connectivity index (χ1) is 24.5. The maximum atomic E-state index is 13.9. The van der Waals surface area contributed by atoms with Crippen molar-refractivity contribution in [2.75, 3.05) is 34.3 Å². The Hall–Kier alpha value is -3.47. The molecular formula is C45H57ClN3O2Ru. The smallest absolute Gasteiger partial charge is 0.147 e. The summed E-state index contributed by atoms with van der Waals surface area (Å²) in [5.41, 5.74) is 11.2. The SMILES string of the molecule is CCC1CN(C(=O)c2ccccc2)c2cccc(/[CH]=[Ru]/[CH]3N(c4c(C(C)C)cccc4C(C)C)CCN3c3c(C(C)C)cccc3C(C)C)c2O1.Cl. The molecule has 0 bridgehead atoms. The summed E-state index contributed by atoms with van der Waals surface area (Å²) in [7, 11) is 0. The fraction of sp³-hybridized carbons (Fsp3) is 0.422. The summed E-state index contributed by atoms with van der Waals surface area (Å²) < 4.78 is 9.38. The molecule has 0 N–H and O–H groups in total. The van der Waals surface area contributed by atoms with Gasteiger partial charge in [-0.2, -0.15) is 0 Å². The van der Waals surface area contributed by atoms with Crippen LogP contribution in [0.25, 0.3) is 0 Å². The summed E-state index contributed by atoms with van der Waals surface area (Å²) in [6, 6.07) is 29.8. The number of hydrogen-bond acceptors (Lipinski definition) is 4. The van der Waals surface area contributed by atoms with Crippen LogP contribution in [0, 0.1) is 0 Å². The van der Waals surface area contributed by atoms with Crippen LogP contribution in [0.5, 0.6) is 5.75 Å². The first-order valence-electron chi connectivity index (χ1n) is 18.9. The topological polar surface area (TPSA) is 36.0 Å². The number of ether oxygens (including phenoxy) is 1. The molecule has 2 heterocycles. The van der Waals surface area contributed by atoms with Crippen LogP contribution in [0.15, 0.2) is 84.9 Å². The molecule has 1 unspecified atom stereocenters. The van der Waals surface area contributed by atoms with Gasteiger partial charge in [0.25, 0.3) is 0 Å². The fourth-order valence-electron chi connectivity index (χ4n) is 7.56. The molecule has 6 rings (SSSR count). The third-order valence-corrected chi connectivity index (χ3v) is 12.8. The average molecular weight is 808 g/mol. The number of anilines is 3. The quantitative estimate of drug-likeness (QED) is 0.150. The molecule has 1 amide bonds. The third-order valence-electron chi connectivity index (χ3n) is 10.3. The van der Waals surface area contributed by atoms with Crippen LogP contribution in [0.2, 0.25) is 0 Å². The van der Waals surface area contributed by atoms with E-state index in [1.54, 1.807) is 0 Å². The summed E-state index contributed by atoms with van der Waals surface area (Å²) in [6.07, 6.45) is 0.769. The van der Waals surface area contributed by atoms with E-state index in [0.717, 1.165) is 36.5 Å². The zero-order valence-electron chi connectivity index (χ0n) is 32.4. The van der Waals surface area contributed by atoms with Gasteiger partial charge in [0.1, 0.15) is 0 Å². The van der Waals surface area contributed by atoms with Crippen molar-refractivity contribution in [2.24, 2.45) is 0 Å². The molecule has 0 radical (unpaired) electrons.